The van der Waals surface area contributed by atoms with Gasteiger partial charge in [0.05, 0.1) is 0 Å². The van der Waals surface area contributed by atoms with Gasteiger partial charge >= 0.3 is 5.63 Å². The summed E-state index contributed by atoms with van der Waals surface area (Å²) >= 11 is 0. The Labute approximate surface area is 138 Å². The second-order valence-corrected chi connectivity index (χ2v) is 6.18. The van der Waals surface area contributed by atoms with Gasteiger partial charge in [0.1, 0.15) is 23.8 Å². The molecule has 0 atom stereocenters. The minimum atomic E-state index is -0.284. The average Bonchev–Trinajstić information content (AvgIpc) is 3.06. The Kier molecular flexibility index (Phi) is 3.60. The summed E-state index contributed by atoms with van der Waals surface area (Å²) in [5.41, 5.74) is 3.84. The summed E-state index contributed by atoms with van der Waals surface area (Å²) in [6.45, 7) is 2.15. The van der Waals surface area contributed by atoms with Gasteiger partial charge in [-0.15, -0.1) is 0 Å². The van der Waals surface area contributed by atoms with E-state index in [-0.39, 0.29) is 18.0 Å². The van der Waals surface area contributed by atoms with Crippen molar-refractivity contribution in [3.63, 3.8) is 0 Å². The van der Waals surface area contributed by atoms with Crippen molar-refractivity contribution >= 4 is 11.0 Å². The highest BCUT2D eigenvalue weighted by atomic mass is 19.1. The molecule has 0 radical (unpaired) electrons. The first-order valence-electron chi connectivity index (χ1n) is 8.09. The van der Waals surface area contributed by atoms with Gasteiger partial charge in [0, 0.05) is 16.5 Å². The zero-order valence-corrected chi connectivity index (χ0v) is 13.4. The summed E-state index contributed by atoms with van der Waals surface area (Å²) in [5, 5.41) is 0.998. The summed E-state index contributed by atoms with van der Waals surface area (Å²) in [5.74, 6) is 0.362. The molecule has 0 saturated carbocycles. The first kappa shape index (κ1) is 14.9. The average molecular weight is 324 g/mol. The number of rotatable bonds is 3. The van der Waals surface area contributed by atoms with E-state index in [1.165, 1.54) is 12.1 Å². The molecule has 122 valence electrons. The van der Waals surface area contributed by atoms with Crippen LogP contribution in [0.15, 0.2) is 45.6 Å². The molecule has 0 fully saturated rings. The summed E-state index contributed by atoms with van der Waals surface area (Å²) in [7, 11) is 0. The molecular weight excluding hydrogens is 307 g/mol. The van der Waals surface area contributed by atoms with E-state index in [0.717, 1.165) is 46.9 Å². The third kappa shape index (κ3) is 2.48. The fourth-order valence-corrected chi connectivity index (χ4v) is 3.41. The molecule has 4 heteroatoms. The Morgan fingerprint density at radius 2 is 2.00 bits per heavy atom. The molecule has 4 rings (SSSR count). The SMILES string of the molecule is Cc1c(OCc2cccc(F)c2)ccc2c3c(c(=O)oc12)CCC3. The van der Waals surface area contributed by atoms with E-state index in [0.29, 0.717) is 11.3 Å². The van der Waals surface area contributed by atoms with Gasteiger partial charge < -0.3 is 9.15 Å². The molecule has 3 nitrogen and oxygen atoms in total. The summed E-state index contributed by atoms with van der Waals surface area (Å²) in [6, 6.07) is 10.2. The highest BCUT2D eigenvalue weighted by Gasteiger charge is 2.21. The Morgan fingerprint density at radius 1 is 1.17 bits per heavy atom. The summed E-state index contributed by atoms with van der Waals surface area (Å²) in [4.78, 5) is 12.2. The maximum atomic E-state index is 13.2. The van der Waals surface area contributed by atoms with Gasteiger partial charge in [0.15, 0.2) is 0 Å². The number of aryl methyl sites for hydroxylation is 2. The van der Waals surface area contributed by atoms with Crippen LogP contribution in [0.25, 0.3) is 11.0 Å². The topological polar surface area (TPSA) is 39.4 Å². The van der Waals surface area contributed by atoms with Crippen molar-refractivity contribution in [2.24, 2.45) is 0 Å². The third-order valence-corrected chi connectivity index (χ3v) is 4.62. The molecule has 0 spiro atoms. The fourth-order valence-electron chi connectivity index (χ4n) is 3.41. The predicted octanol–water partition coefficient (Wildman–Crippen LogP) is 4.31. The molecule has 3 aromatic rings. The Bertz CT molecular complexity index is 988. The first-order valence-corrected chi connectivity index (χ1v) is 8.09. The zero-order chi connectivity index (χ0) is 16.7. The van der Waals surface area contributed by atoms with E-state index in [1.807, 2.05) is 25.1 Å². The maximum absolute atomic E-state index is 13.2. The second-order valence-electron chi connectivity index (χ2n) is 6.18. The number of hydrogen-bond donors (Lipinski definition) is 0. The van der Waals surface area contributed by atoms with Crippen LogP contribution in [-0.4, -0.2) is 0 Å². The zero-order valence-electron chi connectivity index (χ0n) is 13.4. The van der Waals surface area contributed by atoms with Crippen molar-refractivity contribution in [1.29, 1.82) is 0 Å². The quantitative estimate of drug-likeness (QED) is 0.674. The standard InChI is InChI=1S/C20H17FO3/c1-12-18(23-11-13-4-2-5-14(21)10-13)9-8-16-15-6-3-7-17(15)20(22)24-19(12)16/h2,4-5,8-10H,3,6-7,11H2,1H3. The van der Waals surface area contributed by atoms with Crippen molar-refractivity contribution in [2.75, 3.05) is 0 Å². The number of fused-ring (bicyclic) bond motifs is 3. The van der Waals surface area contributed by atoms with Crippen molar-refractivity contribution in [1.82, 2.24) is 0 Å². The van der Waals surface area contributed by atoms with E-state index >= 15 is 0 Å². The normalized spacial score (nSPS) is 13.2. The van der Waals surface area contributed by atoms with Crippen LogP contribution in [0.4, 0.5) is 4.39 Å². The fraction of sp³-hybridized carbons (Fsp3) is 0.250. The van der Waals surface area contributed by atoms with Gasteiger partial charge in [-0.3, -0.25) is 0 Å². The molecule has 0 saturated heterocycles. The Balaban J connectivity index is 1.71. The Hall–Kier alpha value is -2.62. The lowest BCUT2D eigenvalue weighted by Crippen LogP contribution is -2.08. The van der Waals surface area contributed by atoms with Crippen molar-refractivity contribution < 1.29 is 13.5 Å². The van der Waals surface area contributed by atoms with Gasteiger partial charge in [0.2, 0.25) is 0 Å². The van der Waals surface area contributed by atoms with E-state index in [2.05, 4.69) is 0 Å². The number of ether oxygens (including phenoxy) is 1. The van der Waals surface area contributed by atoms with Gasteiger partial charge in [0.25, 0.3) is 0 Å². The van der Waals surface area contributed by atoms with Crippen LogP contribution in [0.5, 0.6) is 5.75 Å². The van der Waals surface area contributed by atoms with Gasteiger partial charge in [-0.05, 0) is 61.6 Å². The van der Waals surface area contributed by atoms with Crippen LogP contribution >= 0.6 is 0 Å². The van der Waals surface area contributed by atoms with Crippen LogP contribution < -0.4 is 10.4 Å². The molecule has 1 heterocycles. The largest absolute Gasteiger partial charge is 0.488 e. The van der Waals surface area contributed by atoms with Crippen molar-refractivity contribution in [3.8, 4) is 5.75 Å². The van der Waals surface area contributed by atoms with Crippen LogP contribution in [0.3, 0.4) is 0 Å². The molecule has 0 aliphatic heterocycles. The van der Waals surface area contributed by atoms with Crippen LogP contribution in [0, 0.1) is 12.7 Å². The molecule has 1 aliphatic rings. The predicted molar refractivity (Wildman–Crippen MR) is 90.0 cm³/mol. The number of hydrogen-bond acceptors (Lipinski definition) is 3. The van der Waals surface area contributed by atoms with Crippen molar-refractivity contribution in [2.45, 2.75) is 32.8 Å². The molecule has 1 aromatic heterocycles. The van der Waals surface area contributed by atoms with E-state index in [4.69, 9.17) is 9.15 Å². The van der Waals surface area contributed by atoms with E-state index < -0.39 is 0 Å². The molecule has 2 aromatic carbocycles. The lowest BCUT2D eigenvalue weighted by atomic mass is 10.0. The first-order chi connectivity index (χ1) is 11.6. The van der Waals surface area contributed by atoms with Gasteiger partial charge in [-0.1, -0.05) is 12.1 Å². The molecule has 0 bridgehead atoms. The van der Waals surface area contributed by atoms with Crippen LogP contribution in [0.1, 0.15) is 28.7 Å². The molecular formula is C20H17FO3. The summed E-state index contributed by atoms with van der Waals surface area (Å²) < 4.78 is 24.6. The lowest BCUT2D eigenvalue weighted by Gasteiger charge is -2.12. The lowest BCUT2D eigenvalue weighted by molar-refractivity contribution is 0.303. The van der Waals surface area contributed by atoms with Gasteiger partial charge in [-0.2, -0.15) is 0 Å². The molecule has 0 amide bonds. The third-order valence-electron chi connectivity index (χ3n) is 4.62. The molecule has 0 unspecified atom stereocenters. The number of halogens is 1. The maximum Gasteiger partial charge on any atom is 0.339 e. The highest BCUT2D eigenvalue weighted by molar-refractivity contribution is 5.86. The van der Waals surface area contributed by atoms with Crippen LogP contribution in [0.2, 0.25) is 0 Å². The van der Waals surface area contributed by atoms with Crippen molar-refractivity contribution in [3.05, 3.63) is 74.9 Å². The minimum absolute atomic E-state index is 0.236. The second kappa shape index (κ2) is 5.78. The monoisotopic (exact) mass is 324 g/mol. The van der Waals surface area contributed by atoms with E-state index in [1.54, 1.807) is 6.07 Å². The molecule has 1 aliphatic carbocycles. The summed E-state index contributed by atoms with van der Waals surface area (Å²) in [6.07, 6.45) is 2.71. The highest BCUT2D eigenvalue weighted by Crippen LogP contribution is 2.33. The molecule has 24 heavy (non-hydrogen) atoms. The Morgan fingerprint density at radius 3 is 2.83 bits per heavy atom. The van der Waals surface area contributed by atoms with Crippen LogP contribution in [-0.2, 0) is 19.4 Å². The van der Waals surface area contributed by atoms with Gasteiger partial charge in [-0.25, -0.2) is 9.18 Å². The van der Waals surface area contributed by atoms with E-state index in [9.17, 15) is 9.18 Å². The smallest absolute Gasteiger partial charge is 0.339 e. The number of benzene rings is 2. The minimum Gasteiger partial charge on any atom is -0.488 e. The molecule has 0 N–H and O–H groups in total.